The lowest BCUT2D eigenvalue weighted by molar-refractivity contribution is -0.111. The van der Waals surface area contributed by atoms with Gasteiger partial charge in [-0.15, -0.1) is 0 Å². The normalized spacial score (nSPS) is 12.3. The van der Waals surface area contributed by atoms with Crippen LogP contribution in [0.5, 0.6) is 5.75 Å². The Bertz CT molecular complexity index is 1430. The Balaban J connectivity index is 1.57. The molecule has 0 saturated heterocycles. The number of rotatable bonds is 7. The second kappa shape index (κ2) is 11.0. The summed E-state index contributed by atoms with van der Waals surface area (Å²) in [6, 6.07) is 15.1. The lowest BCUT2D eigenvalue weighted by atomic mass is 9.98. The van der Waals surface area contributed by atoms with E-state index < -0.39 is 0 Å². The number of halogens is 3. The third-order valence-electron chi connectivity index (χ3n) is 5.72. The lowest BCUT2D eigenvalue weighted by Gasteiger charge is -2.09. The van der Waals surface area contributed by atoms with Gasteiger partial charge in [-0.2, -0.15) is 0 Å². The number of fused-ring (bicyclic) bond motifs is 1. The summed E-state index contributed by atoms with van der Waals surface area (Å²) >= 11 is 13.3. The van der Waals surface area contributed by atoms with Crippen molar-refractivity contribution in [2.45, 2.75) is 26.2 Å². The quantitative estimate of drug-likeness (QED) is 0.210. The molecule has 5 nitrogen and oxygen atoms in total. The van der Waals surface area contributed by atoms with Gasteiger partial charge in [0.2, 0.25) is 11.8 Å². The van der Waals surface area contributed by atoms with Gasteiger partial charge in [-0.25, -0.2) is 4.98 Å². The summed E-state index contributed by atoms with van der Waals surface area (Å²) in [6.45, 7) is 4.35. The van der Waals surface area contributed by atoms with E-state index in [0.29, 0.717) is 39.4 Å². The van der Waals surface area contributed by atoms with E-state index >= 15 is 0 Å². The van der Waals surface area contributed by atoms with E-state index in [2.05, 4.69) is 68.1 Å². The minimum Gasteiger partial charge on any atom is -0.495 e. The van der Waals surface area contributed by atoms with Gasteiger partial charge in [0.25, 0.3) is 0 Å². The molecule has 1 heterocycles. The smallest absolute Gasteiger partial charge is 0.248 e. The molecule has 35 heavy (non-hydrogen) atoms. The van der Waals surface area contributed by atoms with Crippen molar-refractivity contribution >= 4 is 72.2 Å². The zero-order valence-electron chi connectivity index (χ0n) is 19.4. The second-order valence-corrected chi connectivity index (χ2v) is 10.3. The second-order valence-electron chi connectivity index (χ2n) is 8.08. The summed E-state index contributed by atoms with van der Waals surface area (Å²) < 4.78 is 13.0. The third kappa shape index (κ3) is 5.80. The zero-order chi connectivity index (χ0) is 25.1. The molecule has 0 aliphatic carbocycles. The number of anilines is 1. The van der Waals surface area contributed by atoms with Gasteiger partial charge < -0.3 is 14.5 Å². The highest BCUT2D eigenvalue weighted by atomic mass is 79.9. The summed E-state index contributed by atoms with van der Waals surface area (Å²) in [5, 5.41) is 3.24. The van der Waals surface area contributed by atoms with Crippen LogP contribution in [-0.2, 0) is 4.79 Å². The Labute approximate surface area is 225 Å². The Kier molecular flexibility index (Phi) is 7.99. The number of hydrogen-bond acceptors (Lipinski definition) is 4. The van der Waals surface area contributed by atoms with Crippen LogP contribution >= 0.6 is 43.5 Å². The number of aromatic nitrogens is 1. The van der Waals surface area contributed by atoms with Crippen LogP contribution in [0, 0.1) is 0 Å². The topological polar surface area (TPSA) is 64.4 Å². The Hall–Kier alpha value is -2.61. The molecule has 0 spiro atoms. The van der Waals surface area contributed by atoms with Crippen LogP contribution in [0.25, 0.3) is 28.6 Å². The standard InChI is InChI=1S/C27H23Br2ClN2O3/c1-4-15(2)16-6-9-24-23(12-16)32-27(35-24)18-5-8-21(30)22(13-18)31-25(33)10-7-17-11-19(28)14-20(29)26(17)34-3/h5-15H,4H2,1-3H3,(H,31,33)/b10-7+. The molecule has 1 aromatic heterocycles. The van der Waals surface area contributed by atoms with Crippen molar-refractivity contribution in [2.75, 3.05) is 12.4 Å². The van der Waals surface area contributed by atoms with E-state index in [1.165, 1.54) is 11.6 Å². The van der Waals surface area contributed by atoms with Crippen molar-refractivity contribution in [3.8, 4) is 17.2 Å². The molecular weight excluding hydrogens is 596 g/mol. The minimum absolute atomic E-state index is 0.335. The van der Waals surface area contributed by atoms with E-state index in [1.54, 1.807) is 25.3 Å². The van der Waals surface area contributed by atoms with Gasteiger partial charge in [-0.1, -0.05) is 47.4 Å². The SMILES string of the molecule is CCC(C)c1ccc2oc(-c3ccc(Cl)c(NC(=O)/C=C/c4cc(Br)cc(Br)c4OC)c3)nc2c1. The number of hydrogen-bond donors (Lipinski definition) is 1. The van der Waals surface area contributed by atoms with Crippen LogP contribution in [0.1, 0.15) is 37.3 Å². The summed E-state index contributed by atoms with van der Waals surface area (Å²) in [5.41, 5.74) is 4.66. The zero-order valence-corrected chi connectivity index (χ0v) is 23.3. The number of amides is 1. The Morgan fingerprint density at radius 3 is 2.74 bits per heavy atom. The average molecular weight is 619 g/mol. The maximum Gasteiger partial charge on any atom is 0.248 e. The summed E-state index contributed by atoms with van der Waals surface area (Å²) in [4.78, 5) is 17.3. The van der Waals surface area contributed by atoms with Crippen LogP contribution in [-0.4, -0.2) is 18.0 Å². The fourth-order valence-corrected chi connectivity index (χ4v) is 5.21. The van der Waals surface area contributed by atoms with E-state index in [1.807, 2.05) is 24.3 Å². The highest BCUT2D eigenvalue weighted by Crippen LogP contribution is 2.34. The van der Waals surface area contributed by atoms with Gasteiger partial charge in [0.05, 0.1) is 22.3 Å². The summed E-state index contributed by atoms with van der Waals surface area (Å²) in [5.74, 6) is 1.21. The number of oxazole rings is 1. The number of ether oxygens (including phenoxy) is 1. The molecule has 4 aromatic rings. The number of benzene rings is 3. The molecular formula is C27H23Br2ClN2O3. The van der Waals surface area contributed by atoms with Crippen molar-refractivity contribution in [3.63, 3.8) is 0 Å². The lowest BCUT2D eigenvalue weighted by Crippen LogP contribution is -2.08. The molecule has 8 heteroatoms. The molecule has 0 fully saturated rings. The monoisotopic (exact) mass is 616 g/mol. The van der Waals surface area contributed by atoms with Gasteiger partial charge in [0, 0.05) is 21.7 Å². The largest absolute Gasteiger partial charge is 0.495 e. The number of methoxy groups -OCH3 is 1. The van der Waals surface area contributed by atoms with Crippen molar-refractivity contribution in [2.24, 2.45) is 0 Å². The molecule has 3 aromatic carbocycles. The predicted molar refractivity (Wildman–Crippen MR) is 149 cm³/mol. The van der Waals surface area contributed by atoms with Crippen LogP contribution in [0.3, 0.4) is 0 Å². The van der Waals surface area contributed by atoms with Crippen molar-refractivity contribution < 1.29 is 13.9 Å². The average Bonchev–Trinajstić information content (AvgIpc) is 3.26. The van der Waals surface area contributed by atoms with E-state index in [9.17, 15) is 4.79 Å². The molecule has 4 rings (SSSR count). The fraction of sp³-hybridized carbons (Fsp3) is 0.185. The maximum absolute atomic E-state index is 12.7. The van der Waals surface area contributed by atoms with Crippen LogP contribution < -0.4 is 10.1 Å². The molecule has 1 atom stereocenters. The fourth-order valence-electron chi connectivity index (χ4n) is 3.62. The first kappa shape index (κ1) is 25.5. The van der Waals surface area contributed by atoms with Crippen molar-refractivity contribution in [1.82, 2.24) is 4.98 Å². The van der Waals surface area contributed by atoms with Crippen molar-refractivity contribution in [3.05, 3.63) is 79.7 Å². The van der Waals surface area contributed by atoms with Crippen LogP contribution in [0.15, 0.2) is 68.0 Å². The van der Waals surface area contributed by atoms with Gasteiger partial charge in [0.1, 0.15) is 11.3 Å². The number of nitrogens with one attached hydrogen (secondary N) is 1. The molecule has 180 valence electrons. The highest BCUT2D eigenvalue weighted by Gasteiger charge is 2.14. The van der Waals surface area contributed by atoms with Gasteiger partial charge >= 0.3 is 0 Å². The van der Waals surface area contributed by atoms with Crippen LogP contribution in [0.2, 0.25) is 5.02 Å². The van der Waals surface area contributed by atoms with Crippen LogP contribution in [0.4, 0.5) is 5.69 Å². The first-order chi connectivity index (χ1) is 16.8. The molecule has 0 bridgehead atoms. The van der Waals surface area contributed by atoms with Gasteiger partial charge in [-0.3, -0.25) is 4.79 Å². The Morgan fingerprint density at radius 1 is 1.20 bits per heavy atom. The first-order valence-electron chi connectivity index (χ1n) is 11.0. The molecule has 1 N–H and O–H groups in total. The summed E-state index contributed by atoms with van der Waals surface area (Å²) in [7, 11) is 1.58. The van der Waals surface area contributed by atoms with E-state index in [-0.39, 0.29) is 5.91 Å². The van der Waals surface area contributed by atoms with Gasteiger partial charge in [0.15, 0.2) is 5.58 Å². The van der Waals surface area contributed by atoms with E-state index in [4.69, 9.17) is 20.8 Å². The molecule has 1 amide bonds. The number of carbonyl (C=O) groups is 1. The molecule has 0 radical (unpaired) electrons. The first-order valence-corrected chi connectivity index (χ1v) is 13.0. The Morgan fingerprint density at radius 2 is 2.00 bits per heavy atom. The maximum atomic E-state index is 12.7. The number of nitrogens with zero attached hydrogens (tertiary/aromatic N) is 1. The van der Waals surface area contributed by atoms with E-state index in [0.717, 1.165) is 26.4 Å². The molecule has 0 aliphatic heterocycles. The minimum atomic E-state index is -0.335. The predicted octanol–water partition coefficient (Wildman–Crippen LogP) is 8.85. The van der Waals surface area contributed by atoms with Crippen molar-refractivity contribution in [1.29, 1.82) is 0 Å². The van der Waals surface area contributed by atoms with Gasteiger partial charge in [-0.05, 0) is 82.4 Å². The summed E-state index contributed by atoms with van der Waals surface area (Å²) in [6.07, 6.45) is 4.16. The number of carbonyl (C=O) groups excluding carboxylic acids is 1. The molecule has 0 aliphatic rings. The third-order valence-corrected chi connectivity index (χ3v) is 7.10. The molecule has 0 saturated carbocycles. The molecule has 1 unspecified atom stereocenters. The highest BCUT2D eigenvalue weighted by molar-refractivity contribution is 9.11.